The summed E-state index contributed by atoms with van der Waals surface area (Å²) in [6.07, 6.45) is -1.87. The predicted molar refractivity (Wildman–Crippen MR) is 114 cm³/mol. The molecule has 5 unspecified atom stereocenters. The highest BCUT2D eigenvalue weighted by Gasteiger charge is 2.63. The zero-order valence-corrected chi connectivity index (χ0v) is 18.2. The fourth-order valence-corrected chi connectivity index (χ4v) is 6.01. The van der Waals surface area contributed by atoms with Crippen molar-refractivity contribution in [2.24, 2.45) is 23.5 Å². The number of nitrogens with zero attached hydrogens (tertiary/aromatic N) is 1. The van der Waals surface area contributed by atoms with E-state index >= 15 is 0 Å². The largest absolute Gasteiger partial charge is 0.508 e. The van der Waals surface area contributed by atoms with E-state index in [0.29, 0.717) is 11.3 Å². The van der Waals surface area contributed by atoms with E-state index in [-0.39, 0.29) is 35.5 Å². The Bertz CT molecular complexity index is 1120. The Morgan fingerprint density at radius 1 is 1.22 bits per heavy atom. The molecule has 1 saturated carbocycles. The molecule has 0 bridgehead atoms. The van der Waals surface area contributed by atoms with Crippen molar-refractivity contribution in [2.75, 3.05) is 24.7 Å². The molecular weight excluding hydrogens is 442 g/mol. The molecule has 8 N–H and O–H groups in total. The highest BCUT2D eigenvalue weighted by Crippen LogP contribution is 2.55. The second kappa shape index (κ2) is 7.09. The van der Waals surface area contributed by atoms with E-state index in [1.165, 1.54) is 0 Å². The van der Waals surface area contributed by atoms with Gasteiger partial charge < -0.3 is 36.8 Å². The summed E-state index contributed by atoms with van der Waals surface area (Å²) in [4.78, 5) is 39.3. The fourth-order valence-electron chi connectivity index (χ4n) is 5.64. The van der Waals surface area contributed by atoms with Gasteiger partial charge in [0.25, 0.3) is 5.91 Å². The first-order chi connectivity index (χ1) is 14.8. The number of rotatable bonds is 2. The molecule has 10 nitrogen and oxygen atoms in total. The Kier molecular flexibility index (Phi) is 4.96. The summed E-state index contributed by atoms with van der Waals surface area (Å²) in [5, 5.41) is 43.7. The average molecular weight is 466 g/mol. The number of hydrogen-bond acceptors (Lipinski definition) is 9. The van der Waals surface area contributed by atoms with Crippen LogP contribution in [0.1, 0.15) is 28.8 Å². The zero-order valence-electron chi connectivity index (χ0n) is 17.4. The third-order valence-electron chi connectivity index (χ3n) is 7.07. The molecule has 1 amide bonds. The number of fused-ring (bicyclic) bond motifs is 3. The number of anilines is 2. The van der Waals surface area contributed by atoms with Crippen molar-refractivity contribution in [3.05, 3.63) is 27.5 Å². The number of primary amides is 1. The Hall–Kier alpha value is -2.82. The number of benzene rings is 1. The highest BCUT2D eigenvalue weighted by atomic mass is 35.5. The topological polar surface area (TPSA) is 187 Å². The van der Waals surface area contributed by atoms with E-state index in [4.69, 9.17) is 23.1 Å². The van der Waals surface area contributed by atoms with Gasteiger partial charge in [-0.05, 0) is 24.3 Å². The molecule has 32 heavy (non-hydrogen) atoms. The first kappa shape index (κ1) is 22.4. The second-order valence-electron chi connectivity index (χ2n) is 8.95. The lowest BCUT2D eigenvalue weighted by molar-refractivity contribution is -0.170. The van der Waals surface area contributed by atoms with Gasteiger partial charge in [0, 0.05) is 26.4 Å². The van der Waals surface area contributed by atoms with Crippen LogP contribution in [-0.4, -0.2) is 63.7 Å². The second-order valence-corrected chi connectivity index (χ2v) is 9.32. The Balaban J connectivity index is 1.90. The number of aromatic hydroxyl groups is 1. The fraction of sp³-hybridized carbons (Fsp3) is 0.476. The SMILES string of the molecule is CN(C)c1c(Cl)c(N)c(O)c2c1CC1CC3CC(=O)C(C(N)=O)=C(O)C3(O)C(O)C1C2=O. The average Bonchev–Trinajstić information content (AvgIpc) is 2.68. The molecule has 1 aromatic carbocycles. The highest BCUT2D eigenvalue weighted by molar-refractivity contribution is 6.37. The number of nitrogen functional groups attached to an aromatic ring is 1. The number of amides is 1. The van der Waals surface area contributed by atoms with Crippen LogP contribution >= 0.6 is 11.6 Å². The lowest BCUT2D eigenvalue weighted by Gasteiger charge is -2.52. The van der Waals surface area contributed by atoms with E-state index < -0.39 is 64.0 Å². The van der Waals surface area contributed by atoms with Crippen LogP contribution in [0.4, 0.5) is 11.4 Å². The molecular formula is C21H24ClN3O7. The molecule has 3 aliphatic carbocycles. The molecule has 11 heteroatoms. The van der Waals surface area contributed by atoms with Gasteiger partial charge in [-0.15, -0.1) is 0 Å². The van der Waals surface area contributed by atoms with Gasteiger partial charge in [0.1, 0.15) is 17.4 Å². The molecule has 1 aromatic rings. The number of aliphatic hydroxyl groups excluding tert-OH is 2. The number of aliphatic hydroxyl groups is 3. The maximum Gasteiger partial charge on any atom is 0.255 e. The predicted octanol–water partition coefficient (Wildman–Crippen LogP) is 0.0471. The summed E-state index contributed by atoms with van der Waals surface area (Å²) in [5.74, 6) is -6.88. The van der Waals surface area contributed by atoms with Gasteiger partial charge in [0.05, 0.1) is 27.9 Å². The summed E-state index contributed by atoms with van der Waals surface area (Å²) in [6, 6.07) is 0. The van der Waals surface area contributed by atoms with Crippen molar-refractivity contribution in [2.45, 2.75) is 31.0 Å². The van der Waals surface area contributed by atoms with Gasteiger partial charge >= 0.3 is 0 Å². The molecule has 5 atom stereocenters. The number of Topliss-reactive ketones (excluding diaryl/α,β-unsaturated/α-hetero) is 2. The van der Waals surface area contributed by atoms with Crippen LogP contribution in [0.5, 0.6) is 5.75 Å². The van der Waals surface area contributed by atoms with Gasteiger partial charge in [-0.1, -0.05) is 11.6 Å². The molecule has 0 radical (unpaired) electrons. The third kappa shape index (κ3) is 2.69. The molecule has 3 aliphatic rings. The first-order valence-electron chi connectivity index (χ1n) is 10.0. The number of nitrogens with two attached hydrogens (primary N) is 2. The smallest absolute Gasteiger partial charge is 0.255 e. The number of phenolic OH excluding ortho intramolecular Hbond substituents is 1. The number of hydrogen-bond donors (Lipinski definition) is 6. The number of phenols is 1. The van der Waals surface area contributed by atoms with Crippen molar-refractivity contribution in [1.29, 1.82) is 0 Å². The van der Waals surface area contributed by atoms with Crippen LogP contribution in [0, 0.1) is 17.8 Å². The van der Waals surface area contributed by atoms with Crippen LogP contribution in [-0.2, 0) is 16.0 Å². The van der Waals surface area contributed by atoms with Crippen molar-refractivity contribution in [3.63, 3.8) is 0 Å². The summed E-state index contributed by atoms with van der Waals surface area (Å²) in [7, 11) is 3.41. The summed E-state index contributed by atoms with van der Waals surface area (Å²) in [5.41, 5.74) is 8.53. The molecule has 1 fully saturated rings. The summed E-state index contributed by atoms with van der Waals surface area (Å²) < 4.78 is 0. The molecule has 4 rings (SSSR count). The number of ketones is 2. The number of halogens is 1. The Morgan fingerprint density at radius 3 is 2.41 bits per heavy atom. The zero-order chi connectivity index (χ0) is 23.9. The van der Waals surface area contributed by atoms with Crippen LogP contribution in [0.15, 0.2) is 11.3 Å². The molecule has 0 spiro atoms. The maximum atomic E-state index is 13.5. The lowest BCUT2D eigenvalue weighted by atomic mass is 9.55. The van der Waals surface area contributed by atoms with E-state index in [1.54, 1.807) is 19.0 Å². The molecule has 0 saturated heterocycles. The number of carbonyl (C=O) groups excluding carboxylic acids is 3. The first-order valence-corrected chi connectivity index (χ1v) is 10.4. The van der Waals surface area contributed by atoms with Crippen LogP contribution < -0.4 is 16.4 Å². The van der Waals surface area contributed by atoms with E-state index in [1.807, 2.05) is 0 Å². The molecule has 0 heterocycles. The summed E-state index contributed by atoms with van der Waals surface area (Å²) >= 11 is 6.34. The quantitative estimate of drug-likeness (QED) is 0.199. The van der Waals surface area contributed by atoms with Crippen molar-refractivity contribution in [3.8, 4) is 5.75 Å². The van der Waals surface area contributed by atoms with Gasteiger partial charge in [0.2, 0.25) is 0 Å². The standard InChI is InChI=1S/C21H24ClN3O7/c1-25(2)15-8-4-6-3-7-5-9(26)12(20(24)31)19(30)21(7,32)18(29)10(6)16(27)11(8)17(28)14(23)13(15)22/h6-7,10,18,28-30,32H,3-5,23H2,1-2H3,(H2,24,31). The Labute approximate surface area is 188 Å². The molecule has 0 aromatic heterocycles. The monoisotopic (exact) mass is 465 g/mol. The van der Waals surface area contributed by atoms with Gasteiger partial charge in [-0.3, -0.25) is 14.4 Å². The lowest BCUT2D eigenvalue weighted by Crippen LogP contribution is -2.64. The van der Waals surface area contributed by atoms with Crippen molar-refractivity contribution in [1.82, 2.24) is 0 Å². The minimum atomic E-state index is -2.41. The Morgan fingerprint density at radius 2 is 1.84 bits per heavy atom. The van der Waals surface area contributed by atoms with Crippen LogP contribution in [0.2, 0.25) is 5.02 Å². The van der Waals surface area contributed by atoms with Crippen LogP contribution in [0.25, 0.3) is 0 Å². The van der Waals surface area contributed by atoms with Gasteiger partial charge in [-0.2, -0.15) is 0 Å². The minimum absolute atomic E-state index is 0.0879. The summed E-state index contributed by atoms with van der Waals surface area (Å²) in [6.45, 7) is 0. The maximum absolute atomic E-state index is 13.5. The third-order valence-corrected chi connectivity index (χ3v) is 7.45. The van der Waals surface area contributed by atoms with E-state index in [9.17, 15) is 34.8 Å². The van der Waals surface area contributed by atoms with E-state index in [2.05, 4.69) is 0 Å². The number of carbonyl (C=O) groups is 3. The van der Waals surface area contributed by atoms with Gasteiger partial charge in [-0.25, -0.2) is 0 Å². The molecule has 0 aliphatic heterocycles. The van der Waals surface area contributed by atoms with Crippen molar-refractivity contribution < 1.29 is 34.8 Å². The van der Waals surface area contributed by atoms with Crippen molar-refractivity contribution >= 4 is 40.4 Å². The normalized spacial score (nSPS) is 31.7. The minimum Gasteiger partial charge on any atom is -0.508 e. The van der Waals surface area contributed by atoms with E-state index in [0.717, 1.165) is 0 Å². The van der Waals surface area contributed by atoms with Gasteiger partial charge in [0.15, 0.2) is 22.9 Å². The van der Waals surface area contributed by atoms with Crippen LogP contribution in [0.3, 0.4) is 0 Å². The molecule has 172 valence electrons.